The summed E-state index contributed by atoms with van der Waals surface area (Å²) in [5.41, 5.74) is 7.05. The van der Waals surface area contributed by atoms with E-state index in [9.17, 15) is 4.79 Å². The summed E-state index contributed by atoms with van der Waals surface area (Å²) in [6.07, 6.45) is 10.1. The smallest absolute Gasteiger partial charge is 0.329 e. The lowest BCUT2D eigenvalue weighted by atomic mass is 10.1. The van der Waals surface area contributed by atoms with Gasteiger partial charge in [-0.25, -0.2) is 4.79 Å². The van der Waals surface area contributed by atoms with Crippen LogP contribution in [0.15, 0.2) is 4.79 Å². The van der Waals surface area contributed by atoms with Crippen LogP contribution in [0.2, 0.25) is 0 Å². The van der Waals surface area contributed by atoms with Crippen LogP contribution >= 0.6 is 0 Å². The van der Waals surface area contributed by atoms with Gasteiger partial charge < -0.3 is 20.4 Å². The summed E-state index contributed by atoms with van der Waals surface area (Å²) in [7, 11) is 0. The molecule has 1 unspecified atom stereocenters. The van der Waals surface area contributed by atoms with Crippen LogP contribution in [0.4, 0.5) is 5.82 Å². The van der Waals surface area contributed by atoms with Crippen molar-refractivity contribution in [3.8, 4) is 6.01 Å². The number of aromatic amines is 1. The standard InChI is InChI=1S/C22H37N7O2/c1-2-3-16-31-21-25-19(23)18-20(26-21)29(22(30)24-18)17(28-14-8-9-15-28)10-4-5-11-27-12-6-7-13-27/h17H,2-16H2,1H3,(H,24,30)(H2,23,25,26). The molecule has 0 aromatic carbocycles. The van der Waals surface area contributed by atoms with Crippen molar-refractivity contribution >= 4 is 17.0 Å². The molecule has 2 fully saturated rings. The van der Waals surface area contributed by atoms with Gasteiger partial charge in [0.2, 0.25) is 0 Å². The molecule has 0 radical (unpaired) electrons. The van der Waals surface area contributed by atoms with Crippen LogP contribution in [0.25, 0.3) is 11.2 Å². The number of anilines is 1. The Balaban J connectivity index is 1.56. The van der Waals surface area contributed by atoms with Gasteiger partial charge in [0.15, 0.2) is 11.5 Å². The Labute approximate surface area is 184 Å². The van der Waals surface area contributed by atoms with E-state index in [1.54, 1.807) is 4.57 Å². The molecule has 9 heteroatoms. The maximum absolute atomic E-state index is 13.0. The molecule has 0 spiro atoms. The van der Waals surface area contributed by atoms with Gasteiger partial charge in [0.05, 0.1) is 12.8 Å². The normalized spacial score (nSPS) is 18.9. The maximum Gasteiger partial charge on any atom is 0.329 e. The number of nitrogens with zero attached hydrogens (tertiary/aromatic N) is 5. The molecule has 3 N–H and O–H groups in total. The van der Waals surface area contributed by atoms with E-state index in [-0.39, 0.29) is 23.7 Å². The van der Waals surface area contributed by atoms with E-state index in [2.05, 4.69) is 31.7 Å². The zero-order chi connectivity index (χ0) is 21.6. The van der Waals surface area contributed by atoms with Crippen LogP contribution in [-0.2, 0) is 0 Å². The van der Waals surface area contributed by atoms with E-state index >= 15 is 0 Å². The third-order valence-electron chi connectivity index (χ3n) is 6.55. The average molecular weight is 432 g/mol. The number of fused-ring (bicyclic) bond motifs is 1. The number of unbranched alkanes of at least 4 members (excludes halogenated alkanes) is 2. The first-order valence-electron chi connectivity index (χ1n) is 12.0. The van der Waals surface area contributed by atoms with Crippen LogP contribution in [-0.4, -0.2) is 68.6 Å². The third kappa shape index (κ3) is 5.20. The number of imidazole rings is 1. The molecular weight excluding hydrogens is 394 g/mol. The molecule has 31 heavy (non-hydrogen) atoms. The van der Waals surface area contributed by atoms with Gasteiger partial charge in [-0.1, -0.05) is 13.3 Å². The number of nitrogens with two attached hydrogens (primary N) is 1. The van der Waals surface area contributed by atoms with Gasteiger partial charge in [-0.05, 0) is 71.0 Å². The quantitative estimate of drug-likeness (QED) is 0.527. The molecule has 9 nitrogen and oxygen atoms in total. The molecule has 2 aliphatic rings. The van der Waals surface area contributed by atoms with Gasteiger partial charge in [-0.15, -0.1) is 0 Å². The molecule has 0 saturated carbocycles. The van der Waals surface area contributed by atoms with Crippen molar-refractivity contribution in [2.24, 2.45) is 0 Å². The SMILES string of the molecule is CCCCOc1nc(N)c2[nH]c(=O)n(C(CCCCN3CCCC3)N3CCCC3)c2n1. The predicted molar refractivity (Wildman–Crippen MR) is 122 cm³/mol. The minimum Gasteiger partial charge on any atom is -0.463 e. The molecule has 0 bridgehead atoms. The topological polar surface area (TPSA) is 105 Å². The van der Waals surface area contributed by atoms with Gasteiger partial charge in [-0.3, -0.25) is 9.47 Å². The second-order valence-corrected chi connectivity index (χ2v) is 8.86. The van der Waals surface area contributed by atoms with Crippen LogP contribution < -0.4 is 16.2 Å². The Morgan fingerprint density at radius 3 is 2.55 bits per heavy atom. The number of nitrogen functional groups attached to an aromatic ring is 1. The summed E-state index contributed by atoms with van der Waals surface area (Å²) in [6, 6.07) is 0.250. The second kappa shape index (κ2) is 10.5. The van der Waals surface area contributed by atoms with Crippen LogP contribution in [0, 0.1) is 0 Å². The molecule has 0 amide bonds. The summed E-state index contributed by atoms with van der Waals surface area (Å²) in [5.74, 6) is 0.265. The van der Waals surface area contributed by atoms with E-state index < -0.39 is 0 Å². The highest BCUT2D eigenvalue weighted by Crippen LogP contribution is 2.28. The number of nitrogens with one attached hydrogen (secondary N) is 1. The minimum atomic E-state index is -0.168. The molecule has 2 aromatic rings. The van der Waals surface area contributed by atoms with Gasteiger partial charge in [-0.2, -0.15) is 9.97 Å². The number of ether oxygens (including phenoxy) is 1. The second-order valence-electron chi connectivity index (χ2n) is 8.86. The van der Waals surface area contributed by atoms with Crippen molar-refractivity contribution in [3.63, 3.8) is 0 Å². The average Bonchev–Trinajstić information content (AvgIpc) is 3.51. The predicted octanol–water partition coefficient (Wildman–Crippen LogP) is 2.74. The number of rotatable bonds is 11. The zero-order valence-electron chi connectivity index (χ0n) is 18.8. The third-order valence-corrected chi connectivity index (χ3v) is 6.55. The number of hydrogen-bond acceptors (Lipinski definition) is 7. The Morgan fingerprint density at radius 1 is 1.06 bits per heavy atom. The summed E-state index contributed by atoms with van der Waals surface area (Å²) in [4.78, 5) is 29.7. The maximum atomic E-state index is 13.0. The molecular formula is C22H37N7O2. The van der Waals surface area contributed by atoms with Crippen molar-refractivity contribution in [1.82, 2.24) is 29.3 Å². The number of aromatic nitrogens is 4. The number of likely N-dealkylation sites (tertiary alicyclic amines) is 2. The van der Waals surface area contributed by atoms with E-state index in [1.807, 2.05) is 0 Å². The highest BCUT2D eigenvalue weighted by atomic mass is 16.5. The first-order valence-corrected chi connectivity index (χ1v) is 12.0. The van der Waals surface area contributed by atoms with Gasteiger partial charge in [0.1, 0.15) is 5.52 Å². The highest BCUT2D eigenvalue weighted by molar-refractivity contribution is 5.82. The molecule has 4 heterocycles. The summed E-state index contributed by atoms with van der Waals surface area (Å²) in [6.45, 7) is 8.29. The first-order chi connectivity index (χ1) is 15.2. The van der Waals surface area contributed by atoms with E-state index in [1.165, 1.54) is 38.8 Å². The fourth-order valence-corrected chi connectivity index (χ4v) is 4.83. The van der Waals surface area contributed by atoms with E-state index in [4.69, 9.17) is 10.5 Å². The highest BCUT2D eigenvalue weighted by Gasteiger charge is 2.28. The zero-order valence-corrected chi connectivity index (χ0v) is 18.8. The molecule has 0 aliphatic carbocycles. The van der Waals surface area contributed by atoms with Crippen molar-refractivity contribution < 1.29 is 4.74 Å². The molecule has 4 rings (SSSR count). The van der Waals surface area contributed by atoms with E-state index in [0.29, 0.717) is 17.8 Å². The van der Waals surface area contributed by atoms with Crippen LogP contribution in [0.3, 0.4) is 0 Å². The van der Waals surface area contributed by atoms with Gasteiger partial charge >= 0.3 is 11.7 Å². The van der Waals surface area contributed by atoms with Crippen LogP contribution in [0.5, 0.6) is 6.01 Å². The van der Waals surface area contributed by atoms with Gasteiger partial charge in [0.25, 0.3) is 0 Å². The molecule has 172 valence electrons. The van der Waals surface area contributed by atoms with Crippen molar-refractivity contribution in [3.05, 3.63) is 10.5 Å². The van der Waals surface area contributed by atoms with Crippen molar-refractivity contribution in [2.45, 2.75) is 70.9 Å². The molecule has 2 aromatic heterocycles. The lowest BCUT2D eigenvalue weighted by Crippen LogP contribution is -2.35. The fraction of sp³-hybridized carbons (Fsp3) is 0.773. The lowest BCUT2D eigenvalue weighted by Gasteiger charge is -2.28. The summed E-state index contributed by atoms with van der Waals surface area (Å²) >= 11 is 0. The number of H-pyrrole nitrogens is 1. The van der Waals surface area contributed by atoms with Gasteiger partial charge in [0, 0.05) is 13.1 Å². The summed E-state index contributed by atoms with van der Waals surface area (Å²) < 4.78 is 7.50. The largest absolute Gasteiger partial charge is 0.463 e. The molecule has 2 aliphatic heterocycles. The van der Waals surface area contributed by atoms with Crippen molar-refractivity contribution in [2.75, 3.05) is 45.1 Å². The monoisotopic (exact) mass is 431 g/mol. The first kappa shape index (κ1) is 22.1. The van der Waals surface area contributed by atoms with E-state index in [0.717, 1.165) is 51.7 Å². The number of hydrogen-bond donors (Lipinski definition) is 2. The minimum absolute atomic E-state index is 0.0138. The Hall–Kier alpha value is -2.13. The van der Waals surface area contributed by atoms with Crippen molar-refractivity contribution in [1.29, 1.82) is 0 Å². The van der Waals surface area contributed by atoms with Crippen LogP contribution in [0.1, 0.15) is 70.9 Å². The Morgan fingerprint density at radius 2 is 1.81 bits per heavy atom. The Bertz CT molecular complexity index is 897. The lowest BCUT2D eigenvalue weighted by molar-refractivity contribution is 0.158. The molecule has 1 atom stereocenters. The summed E-state index contributed by atoms with van der Waals surface area (Å²) in [5, 5.41) is 0. The molecule has 2 saturated heterocycles. The Kier molecular flexibility index (Phi) is 7.45. The fourth-order valence-electron chi connectivity index (χ4n) is 4.83.